The second-order valence-electron chi connectivity index (χ2n) is 3.56. The molecule has 1 aromatic rings. The van der Waals surface area contributed by atoms with Crippen molar-refractivity contribution in [2.24, 2.45) is 0 Å². The average Bonchev–Trinajstić information content (AvgIpc) is 2.18. The zero-order chi connectivity index (χ0) is 11.5. The lowest BCUT2D eigenvalue weighted by molar-refractivity contribution is -0.110. The molecule has 84 valence electrons. The van der Waals surface area contributed by atoms with Gasteiger partial charge in [0.1, 0.15) is 5.60 Å². The lowest BCUT2D eigenvalue weighted by atomic mass is 10.1. The number of aliphatic hydroxyl groups is 1. The Morgan fingerprint density at radius 2 is 1.80 bits per heavy atom. The molecule has 1 N–H and O–H groups in total. The smallest absolute Gasteiger partial charge is 0.325 e. The summed E-state index contributed by atoms with van der Waals surface area (Å²) in [5.41, 5.74) is -1.98. The van der Waals surface area contributed by atoms with E-state index in [0.29, 0.717) is 16.7 Å². The molecule has 0 bridgehead atoms. The first-order chi connectivity index (χ1) is 6.89. The predicted octanol–water partition coefficient (Wildman–Crippen LogP) is 3.53. The molecular formula is C11H14F2OS. The summed E-state index contributed by atoms with van der Waals surface area (Å²) in [6, 6.07) is 8.35. The lowest BCUT2D eigenvalue weighted by Crippen LogP contribution is -2.42. The third kappa shape index (κ3) is 2.92. The fourth-order valence-corrected chi connectivity index (χ4v) is 1.91. The van der Waals surface area contributed by atoms with Crippen LogP contribution in [0.15, 0.2) is 35.2 Å². The monoisotopic (exact) mass is 232 g/mol. The maximum atomic E-state index is 13.6. The Bertz CT molecular complexity index is 312. The van der Waals surface area contributed by atoms with Gasteiger partial charge in [-0.3, -0.25) is 0 Å². The Morgan fingerprint density at radius 1 is 1.27 bits per heavy atom. The van der Waals surface area contributed by atoms with Gasteiger partial charge in [0.2, 0.25) is 0 Å². The molecule has 1 atom stereocenters. The van der Waals surface area contributed by atoms with Crippen molar-refractivity contribution in [3.8, 4) is 0 Å². The quantitative estimate of drug-likeness (QED) is 0.801. The predicted molar refractivity (Wildman–Crippen MR) is 58.2 cm³/mol. The molecule has 0 fully saturated rings. The van der Waals surface area contributed by atoms with E-state index < -0.39 is 10.9 Å². The molecule has 0 amide bonds. The summed E-state index contributed by atoms with van der Waals surface area (Å²) < 4.78 is 27.2. The van der Waals surface area contributed by atoms with Crippen LogP contribution in [0.1, 0.15) is 20.3 Å². The van der Waals surface area contributed by atoms with Gasteiger partial charge in [-0.15, -0.1) is 0 Å². The van der Waals surface area contributed by atoms with Crippen molar-refractivity contribution in [2.45, 2.75) is 36.0 Å². The Balaban J connectivity index is 2.81. The number of hydrogen-bond acceptors (Lipinski definition) is 2. The minimum absolute atomic E-state index is 0.0137. The zero-order valence-electron chi connectivity index (χ0n) is 8.71. The number of hydrogen-bond donors (Lipinski definition) is 1. The zero-order valence-corrected chi connectivity index (χ0v) is 9.52. The normalized spacial score (nSPS) is 16.1. The summed E-state index contributed by atoms with van der Waals surface area (Å²) in [7, 11) is 0. The van der Waals surface area contributed by atoms with Crippen molar-refractivity contribution in [1.82, 2.24) is 0 Å². The minimum atomic E-state index is -3.18. The molecular weight excluding hydrogens is 218 g/mol. The van der Waals surface area contributed by atoms with E-state index in [4.69, 9.17) is 0 Å². The van der Waals surface area contributed by atoms with E-state index in [1.165, 1.54) is 0 Å². The molecule has 1 aromatic carbocycles. The molecule has 4 heteroatoms. The van der Waals surface area contributed by atoms with Crippen LogP contribution in [-0.2, 0) is 0 Å². The molecule has 0 aliphatic carbocycles. The molecule has 0 saturated heterocycles. The number of rotatable bonds is 4. The molecule has 1 unspecified atom stereocenters. The van der Waals surface area contributed by atoms with Crippen LogP contribution in [0.5, 0.6) is 0 Å². The Hall–Kier alpha value is -0.610. The summed E-state index contributed by atoms with van der Waals surface area (Å²) in [6.45, 7) is 2.70. The van der Waals surface area contributed by atoms with Gasteiger partial charge in [0.05, 0.1) is 0 Å². The van der Waals surface area contributed by atoms with Crippen molar-refractivity contribution in [3.05, 3.63) is 30.3 Å². The van der Waals surface area contributed by atoms with Crippen LogP contribution in [-0.4, -0.2) is 16.0 Å². The number of halogens is 2. The van der Waals surface area contributed by atoms with Crippen LogP contribution in [0, 0.1) is 0 Å². The van der Waals surface area contributed by atoms with Crippen molar-refractivity contribution in [1.29, 1.82) is 0 Å². The molecule has 0 aliphatic rings. The average molecular weight is 232 g/mol. The molecule has 0 heterocycles. The van der Waals surface area contributed by atoms with Crippen LogP contribution in [0.25, 0.3) is 0 Å². The Labute approximate surface area is 92.5 Å². The maximum Gasteiger partial charge on any atom is 0.325 e. The van der Waals surface area contributed by atoms with Crippen LogP contribution < -0.4 is 0 Å². The molecule has 0 radical (unpaired) electrons. The van der Waals surface area contributed by atoms with E-state index in [9.17, 15) is 13.9 Å². The third-order valence-electron chi connectivity index (χ3n) is 2.30. The van der Waals surface area contributed by atoms with Crippen molar-refractivity contribution in [2.75, 3.05) is 0 Å². The van der Waals surface area contributed by atoms with Gasteiger partial charge in [-0.25, -0.2) is 0 Å². The molecule has 1 rings (SSSR count). The molecule has 0 spiro atoms. The van der Waals surface area contributed by atoms with Gasteiger partial charge in [-0.05, 0) is 37.2 Å². The van der Waals surface area contributed by atoms with Gasteiger partial charge < -0.3 is 5.11 Å². The standard InChI is InChI=1S/C11H14F2OS/c1-3-10(2,14)11(12,13)15-9-7-5-4-6-8-9/h4-8,14H,3H2,1-2H3. The minimum Gasteiger partial charge on any atom is -0.383 e. The molecule has 0 aromatic heterocycles. The number of alkyl halides is 2. The molecule has 0 aliphatic heterocycles. The highest BCUT2D eigenvalue weighted by Crippen LogP contribution is 2.44. The fourth-order valence-electron chi connectivity index (χ4n) is 0.952. The van der Waals surface area contributed by atoms with Crippen LogP contribution in [0.3, 0.4) is 0 Å². The third-order valence-corrected chi connectivity index (χ3v) is 3.51. The topological polar surface area (TPSA) is 20.2 Å². The first kappa shape index (κ1) is 12.5. The summed E-state index contributed by atoms with van der Waals surface area (Å²) in [4.78, 5) is 0.455. The molecule has 0 saturated carbocycles. The van der Waals surface area contributed by atoms with E-state index in [0.717, 1.165) is 6.92 Å². The van der Waals surface area contributed by atoms with Crippen molar-refractivity contribution >= 4 is 11.8 Å². The SMILES string of the molecule is CCC(C)(O)C(F)(F)Sc1ccccc1. The summed E-state index contributed by atoms with van der Waals surface area (Å²) in [5.74, 6) is 0. The summed E-state index contributed by atoms with van der Waals surface area (Å²) >= 11 is 0.394. The Kier molecular flexibility index (Phi) is 3.73. The summed E-state index contributed by atoms with van der Waals surface area (Å²) in [6.07, 6.45) is 0.0137. The second-order valence-corrected chi connectivity index (χ2v) is 4.75. The Morgan fingerprint density at radius 3 is 2.27 bits per heavy atom. The number of thioether (sulfide) groups is 1. The largest absolute Gasteiger partial charge is 0.383 e. The van der Waals surface area contributed by atoms with E-state index >= 15 is 0 Å². The first-order valence-electron chi connectivity index (χ1n) is 4.73. The van der Waals surface area contributed by atoms with Gasteiger partial charge in [0.25, 0.3) is 0 Å². The maximum absolute atomic E-state index is 13.6. The van der Waals surface area contributed by atoms with Gasteiger partial charge in [-0.1, -0.05) is 25.1 Å². The summed E-state index contributed by atoms with van der Waals surface area (Å²) in [5, 5.41) is 6.36. The fraction of sp³-hybridized carbons (Fsp3) is 0.455. The van der Waals surface area contributed by atoms with Crippen LogP contribution >= 0.6 is 11.8 Å². The van der Waals surface area contributed by atoms with Gasteiger partial charge >= 0.3 is 5.25 Å². The lowest BCUT2D eigenvalue weighted by Gasteiger charge is -2.30. The van der Waals surface area contributed by atoms with Crippen LogP contribution in [0.4, 0.5) is 8.78 Å². The van der Waals surface area contributed by atoms with E-state index in [1.807, 2.05) is 0 Å². The van der Waals surface area contributed by atoms with Crippen LogP contribution in [0.2, 0.25) is 0 Å². The molecule has 15 heavy (non-hydrogen) atoms. The van der Waals surface area contributed by atoms with Gasteiger partial charge in [0, 0.05) is 4.90 Å². The highest BCUT2D eigenvalue weighted by Gasteiger charge is 2.48. The number of benzene rings is 1. The van der Waals surface area contributed by atoms with Gasteiger partial charge in [0.15, 0.2) is 0 Å². The van der Waals surface area contributed by atoms with E-state index in [-0.39, 0.29) is 6.42 Å². The highest BCUT2D eigenvalue weighted by atomic mass is 32.2. The van der Waals surface area contributed by atoms with E-state index in [2.05, 4.69) is 0 Å². The van der Waals surface area contributed by atoms with Crippen molar-refractivity contribution < 1.29 is 13.9 Å². The first-order valence-corrected chi connectivity index (χ1v) is 5.55. The van der Waals surface area contributed by atoms with Crippen molar-refractivity contribution in [3.63, 3.8) is 0 Å². The highest BCUT2D eigenvalue weighted by molar-refractivity contribution is 8.00. The molecule has 1 nitrogen and oxygen atoms in total. The van der Waals surface area contributed by atoms with Gasteiger partial charge in [-0.2, -0.15) is 8.78 Å². The van der Waals surface area contributed by atoms with E-state index in [1.54, 1.807) is 37.3 Å². The second kappa shape index (κ2) is 4.49.